The second-order valence-corrected chi connectivity index (χ2v) is 7.99. The van der Waals surface area contributed by atoms with Crippen molar-refractivity contribution in [2.24, 2.45) is 0 Å². The van der Waals surface area contributed by atoms with Crippen LogP contribution in [-0.2, 0) is 10.0 Å². The zero-order valence-corrected chi connectivity index (χ0v) is 17.8. The largest absolute Gasteiger partial charge is 0.493 e. The quantitative estimate of drug-likeness (QED) is 0.553. The minimum atomic E-state index is -3.79. The number of benzene rings is 2. The van der Waals surface area contributed by atoms with Crippen molar-refractivity contribution < 1.29 is 22.6 Å². The maximum atomic E-state index is 12.7. The number of aromatic nitrogens is 2. The molecule has 3 rings (SSSR count). The van der Waals surface area contributed by atoms with Crippen LogP contribution in [-0.4, -0.2) is 39.4 Å². The van der Waals surface area contributed by atoms with Gasteiger partial charge in [0.2, 0.25) is 5.88 Å². The van der Waals surface area contributed by atoms with E-state index in [2.05, 4.69) is 14.9 Å². The Labute approximate surface area is 175 Å². The van der Waals surface area contributed by atoms with Crippen molar-refractivity contribution in [3.63, 3.8) is 0 Å². The van der Waals surface area contributed by atoms with Gasteiger partial charge in [-0.2, -0.15) is 0 Å². The van der Waals surface area contributed by atoms with Crippen molar-refractivity contribution in [3.05, 3.63) is 54.6 Å². The average molecular weight is 429 g/mol. The first-order valence-electron chi connectivity index (χ1n) is 9.28. The second kappa shape index (κ2) is 9.45. The average Bonchev–Trinajstić information content (AvgIpc) is 2.77. The molecule has 0 unspecified atom stereocenters. The van der Waals surface area contributed by atoms with Gasteiger partial charge in [0.25, 0.3) is 10.0 Å². The fraction of sp³-hybridized carbons (Fsp3) is 0.238. The van der Waals surface area contributed by atoms with E-state index in [0.29, 0.717) is 35.4 Å². The van der Waals surface area contributed by atoms with Crippen LogP contribution in [0, 0.1) is 0 Å². The molecule has 0 fully saturated rings. The Morgan fingerprint density at radius 2 is 1.63 bits per heavy atom. The van der Waals surface area contributed by atoms with Crippen LogP contribution in [0.2, 0.25) is 0 Å². The Morgan fingerprint density at radius 1 is 0.900 bits per heavy atom. The number of nitrogens with one attached hydrogen (secondary N) is 1. The normalized spacial score (nSPS) is 11.0. The topological polar surface area (TPSA) is 99.6 Å². The maximum absolute atomic E-state index is 12.7. The molecule has 1 aromatic heterocycles. The number of methoxy groups -OCH3 is 2. The maximum Gasteiger partial charge on any atom is 0.262 e. The summed E-state index contributed by atoms with van der Waals surface area (Å²) in [6.45, 7) is 2.60. The summed E-state index contributed by atoms with van der Waals surface area (Å²) in [5.74, 6) is 1.26. The van der Waals surface area contributed by atoms with Gasteiger partial charge in [-0.3, -0.25) is 4.72 Å². The van der Waals surface area contributed by atoms with Gasteiger partial charge in [-0.15, -0.1) is 10.2 Å². The SMILES string of the molecule is CCCOc1ccc(-c2ccc(NS(=O)(=O)c3ccc(OC)c(OC)c3)cc2)nn1. The lowest BCUT2D eigenvalue weighted by molar-refractivity contribution is 0.302. The molecule has 8 nitrogen and oxygen atoms in total. The third-order valence-electron chi connectivity index (χ3n) is 4.19. The molecule has 0 aliphatic carbocycles. The number of nitrogens with zero attached hydrogens (tertiary/aromatic N) is 2. The van der Waals surface area contributed by atoms with E-state index in [9.17, 15) is 8.42 Å². The van der Waals surface area contributed by atoms with Crippen LogP contribution in [0.15, 0.2) is 59.5 Å². The number of ether oxygens (including phenoxy) is 3. The number of hydrogen-bond donors (Lipinski definition) is 1. The third-order valence-corrected chi connectivity index (χ3v) is 5.57. The molecule has 0 aliphatic heterocycles. The predicted octanol–water partition coefficient (Wildman–Crippen LogP) is 3.75. The van der Waals surface area contributed by atoms with Crippen LogP contribution >= 0.6 is 0 Å². The monoisotopic (exact) mass is 429 g/mol. The van der Waals surface area contributed by atoms with Gasteiger partial charge in [0, 0.05) is 23.4 Å². The van der Waals surface area contributed by atoms with E-state index < -0.39 is 10.0 Å². The molecule has 158 valence electrons. The summed E-state index contributed by atoms with van der Waals surface area (Å²) in [5.41, 5.74) is 1.89. The van der Waals surface area contributed by atoms with E-state index in [-0.39, 0.29) is 4.90 Å². The van der Waals surface area contributed by atoms with Crippen molar-refractivity contribution in [2.45, 2.75) is 18.2 Å². The number of hydrogen-bond acceptors (Lipinski definition) is 7. The summed E-state index contributed by atoms with van der Waals surface area (Å²) >= 11 is 0. The lowest BCUT2D eigenvalue weighted by Gasteiger charge is -2.12. The van der Waals surface area contributed by atoms with Gasteiger partial charge in [0.15, 0.2) is 11.5 Å². The molecule has 0 saturated heterocycles. The number of sulfonamides is 1. The fourth-order valence-electron chi connectivity index (χ4n) is 2.66. The van der Waals surface area contributed by atoms with Gasteiger partial charge in [-0.1, -0.05) is 19.1 Å². The first-order valence-corrected chi connectivity index (χ1v) is 10.8. The molecule has 0 atom stereocenters. The molecule has 30 heavy (non-hydrogen) atoms. The highest BCUT2D eigenvalue weighted by Gasteiger charge is 2.17. The van der Waals surface area contributed by atoms with Crippen LogP contribution in [0.3, 0.4) is 0 Å². The first-order chi connectivity index (χ1) is 14.5. The summed E-state index contributed by atoms with van der Waals surface area (Å²) in [6.07, 6.45) is 0.893. The molecule has 9 heteroatoms. The summed E-state index contributed by atoms with van der Waals surface area (Å²) in [6, 6.07) is 14.8. The van der Waals surface area contributed by atoms with Crippen LogP contribution < -0.4 is 18.9 Å². The highest BCUT2D eigenvalue weighted by Crippen LogP contribution is 2.30. The van der Waals surface area contributed by atoms with E-state index in [0.717, 1.165) is 12.0 Å². The minimum Gasteiger partial charge on any atom is -0.493 e. The van der Waals surface area contributed by atoms with E-state index >= 15 is 0 Å². The van der Waals surface area contributed by atoms with E-state index in [4.69, 9.17) is 14.2 Å². The summed E-state index contributed by atoms with van der Waals surface area (Å²) in [4.78, 5) is 0.0674. The molecule has 2 aromatic carbocycles. The Kier molecular flexibility index (Phi) is 6.73. The predicted molar refractivity (Wildman–Crippen MR) is 114 cm³/mol. The smallest absolute Gasteiger partial charge is 0.262 e. The zero-order valence-electron chi connectivity index (χ0n) is 17.0. The van der Waals surface area contributed by atoms with Crippen LogP contribution in [0.1, 0.15) is 13.3 Å². The Morgan fingerprint density at radius 3 is 2.23 bits per heavy atom. The van der Waals surface area contributed by atoms with Gasteiger partial charge < -0.3 is 14.2 Å². The van der Waals surface area contributed by atoms with E-state index in [1.165, 1.54) is 26.4 Å². The fourth-order valence-corrected chi connectivity index (χ4v) is 3.74. The Bertz CT molecular complexity index is 1080. The first kappa shape index (κ1) is 21.4. The van der Waals surface area contributed by atoms with Gasteiger partial charge in [-0.05, 0) is 36.8 Å². The summed E-state index contributed by atoms with van der Waals surface area (Å²) in [7, 11) is -0.855. The van der Waals surface area contributed by atoms with Crippen LogP contribution in [0.5, 0.6) is 17.4 Å². The minimum absolute atomic E-state index is 0.0674. The Balaban J connectivity index is 1.75. The van der Waals surface area contributed by atoms with Gasteiger partial charge >= 0.3 is 0 Å². The van der Waals surface area contributed by atoms with Gasteiger partial charge in [0.05, 0.1) is 31.4 Å². The molecule has 1 N–H and O–H groups in total. The van der Waals surface area contributed by atoms with Crippen molar-refractivity contribution in [1.29, 1.82) is 0 Å². The molecule has 0 spiro atoms. The van der Waals surface area contributed by atoms with Crippen molar-refractivity contribution in [1.82, 2.24) is 10.2 Å². The molecular formula is C21H23N3O5S. The second-order valence-electron chi connectivity index (χ2n) is 6.30. The van der Waals surface area contributed by atoms with Gasteiger partial charge in [0.1, 0.15) is 0 Å². The summed E-state index contributed by atoms with van der Waals surface area (Å²) < 4.78 is 43.7. The molecular weight excluding hydrogens is 406 g/mol. The van der Waals surface area contributed by atoms with E-state index in [1.807, 2.05) is 6.92 Å². The molecule has 3 aromatic rings. The van der Waals surface area contributed by atoms with Crippen LogP contribution in [0.25, 0.3) is 11.3 Å². The third kappa shape index (κ3) is 4.98. The van der Waals surface area contributed by atoms with Crippen LogP contribution in [0.4, 0.5) is 5.69 Å². The number of rotatable bonds is 9. The van der Waals surface area contributed by atoms with Gasteiger partial charge in [-0.25, -0.2) is 8.42 Å². The molecule has 0 saturated carbocycles. The highest BCUT2D eigenvalue weighted by molar-refractivity contribution is 7.92. The molecule has 0 aliphatic rings. The molecule has 0 amide bonds. The zero-order chi connectivity index (χ0) is 21.6. The van der Waals surface area contributed by atoms with E-state index in [1.54, 1.807) is 42.5 Å². The summed E-state index contributed by atoms with van der Waals surface area (Å²) in [5, 5.41) is 8.19. The van der Waals surface area contributed by atoms with Crippen molar-refractivity contribution >= 4 is 15.7 Å². The standard InChI is InChI=1S/C21H23N3O5S/c1-4-13-29-21-12-10-18(22-23-21)15-5-7-16(8-6-15)24-30(25,26)17-9-11-19(27-2)20(14-17)28-3/h5-12,14,24H,4,13H2,1-3H3. The molecule has 1 heterocycles. The van der Waals surface area contributed by atoms with Crippen molar-refractivity contribution in [2.75, 3.05) is 25.5 Å². The molecule has 0 bridgehead atoms. The Hall–Kier alpha value is -3.33. The van der Waals surface area contributed by atoms with Crippen molar-refractivity contribution in [3.8, 4) is 28.6 Å². The highest BCUT2D eigenvalue weighted by atomic mass is 32.2. The lowest BCUT2D eigenvalue weighted by Crippen LogP contribution is -2.13. The lowest BCUT2D eigenvalue weighted by atomic mass is 10.1. The number of anilines is 1. The molecule has 0 radical (unpaired) electrons.